The van der Waals surface area contributed by atoms with Gasteiger partial charge in [-0.15, -0.1) is 17.5 Å². The molecule has 0 unspecified atom stereocenters. The minimum Gasteiger partial charge on any atom is -0.369 e. The molecule has 0 radical (unpaired) electrons. The predicted octanol–water partition coefficient (Wildman–Crippen LogP) is 1.42. The molecule has 4 N–H and O–H groups in total. The van der Waals surface area contributed by atoms with Crippen LogP contribution < -0.4 is 11.5 Å². The molecule has 0 spiro atoms. The van der Waals surface area contributed by atoms with E-state index in [4.69, 9.17) is 11.5 Å². The van der Waals surface area contributed by atoms with E-state index in [2.05, 4.69) is 22.3 Å². The molecule has 0 bridgehead atoms. The number of aryl methyl sites for hydroxylation is 1. The number of hydrogen-bond donors (Lipinski definition) is 2. The van der Waals surface area contributed by atoms with Gasteiger partial charge in [-0.2, -0.15) is 5.10 Å². The molecule has 0 aromatic heterocycles. The normalized spacial score (nSPS) is 16.1. The van der Waals surface area contributed by atoms with Crippen LogP contribution in [0, 0.1) is 0 Å². The number of guanidine groups is 1. The van der Waals surface area contributed by atoms with Crippen LogP contribution in [-0.2, 0) is 6.42 Å². The van der Waals surface area contributed by atoms with Gasteiger partial charge in [0.05, 0.1) is 5.71 Å². The Morgan fingerprint density at radius 2 is 1.88 bits per heavy atom. The van der Waals surface area contributed by atoms with Crippen molar-refractivity contribution in [1.82, 2.24) is 0 Å². The molecule has 0 amide bonds. The minimum absolute atomic E-state index is 0. The van der Waals surface area contributed by atoms with Crippen molar-refractivity contribution in [3.63, 3.8) is 0 Å². The number of rotatable bonds is 1. The summed E-state index contributed by atoms with van der Waals surface area (Å²) in [5, 5.41) is 7.79. The average Bonchev–Trinajstić information content (AvgIpc) is 2.26. The second-order valence-electron chi connectivity index (χ2n) is 3.58. The lowest BCUT2D eigenvalue weighted by atomic mass is 9.90. The molecule has 5 heteroatoms. The summed E-state index contributed by atoms with van der Waals surface area (Å²) in [6.45, 7) is 0. The Morgan fingerprint density at radius 3 is 2.62 bits per heavy atom. The topological polar surface area (TPSA) is 76.8 Å². The van der Waals surface area contributed by atoms with Gasteiger partial charge in [-0.1, -0.05) is 24.3 Å². The van der Waals surface area contributed by atoms with Crippen LogP contribution in [0.3, 0.4) is 0 Å². The van der Waals surface area contributed by atoms with E-state index in [1.165, 1.54) is 11.1 Å². The summed E-state index contributed by atoms with van der Waals surface area (Å²) in [6, 6.07) is 8.24. The van der Waals surface area contributed by atoms with Gasteiger partial charge < -0.3 is 11.5 Å². The standard InChI is InChI=1S/C11H14N4.ClH/c12-11(13)15-14-10-7-3-5-8-4-1-2-6-9(8)10;/h1-2,4,6H,3,5,7H2,(H4,12,13,15);1H. The van der Waals surface area contributed by atoms with Gasteiger partial charge >= 0.3 is 0 Å². The molecule has 86 valence electrons. The van der Waals surface area contributed by atoms with E-state index in [0.717, 1.165) is 25.0 Å². The third-order valence-corrected chi connectivity index (χ3v) is 2.47. The highest BCUT2D eigenvalue weighted by Gasteiger charge is 2.14. The summed E-state index contributed by atoms with van der Waals surface area (Å²) in [6.07, 6.45) is 3.15. The molecule has 1 aliphatic carbocycles. The van der Waals surface area contributed by atoms with E-state index in [-0.39, 0.29) is 18.4 Å². The molecule has 1 aromatic rings. The van der Waals surface area contributed by atoms with Crippen molar-refractivity contribution in [2.45, 2.75) is 19.3 Å². The molecular weight excluding hydrogens is 224 g/mol. The lowest BCUT2D eigenvalue weighted by molar-refractivity contribution is 0.834. The molecule has 0 saturated carbocycles. The lowest BCUT2D eigenvalue weighted by Gasteiger charge is -2.16. The van der Waals surface area contributed by atoms with E-state index in [1.807, 2.05) is 12.1 Å². The van der Waals surface area contributed by atoms with Gasteiger partial charge in [0.25, 0.3) is 0 Å². The highest BCUT2D eigenvalue weighted by Crippen LogP contribution is 2.21. The summed E-state index contributed by atoms with van der Waals surface area (Å²) in [7, 11) is 0. The number of benzene rings is 1. The zero-order chi connectivity index (χ0) is 10.7. The smallest absolute Gasteiger partial charge is 0.211 e. The zero-order valence-corrected chi connectivity index (χ0v) is 9.70. The second-order valence-corrected chi connectivity index (χ2v) is 3.58. The van der Waals surface area contributed by atoms with Crippen molar-refractivity contribution in [3.05, 3.63) is 35.4 Å². The fourth-order valence-corrected chi connectivity index (χ4v) is 1.82. The number of fused-ring (bicyclic) bond motifs is 1. The molecular formula is C11H15ClN4. The zero-order valence-electron chi connectivity index (χ0n) is 8.89. The largest absolute Gasteiger partial charge is 0.369 e. The molecule has 0 aliphatic heterocycles. The first kappa shape index (κ1) is 12.5. The summed E-state index contributed by atoms with van der Waals surface area (Å²) in [4.78, 5) is 0. The molecule has 0 atom stereocenters. The number of halogens is 1. The van der Waals surface area contributed by atoms with E-state index >= 15 is 0 Å². The number of nitrogens with zero attached hydrogens (tertiary/aromatic N) is 2. The Hall–Kier alpha value is -1.55. The van der Waals surface area contributed by atoms with E-state index in [0.29, 0.717) is 0 Å². The Labute approximate surface area is 101 Å². The van der Waals surface area contributed by atoms with Crippen molar-refractivity contribution in [1.29, 1.82) is 0 Å². The number of nitrogens with two attached hydrogens (primary N) is 2. The van der Waals surface area contributed by atoms with Crippen LogP contribution in [0.2, 0.25) is 0 Å². The molecule has 1 aliphatic rings. The third-order valence-electron chi connectivity index (χ3n) is 2.47. The highest BCUT2D eigenvalue weighted by molar-refractivity contribution is 6.02. The summed E-state index contributed by atoms with van der Waals surface area (Å²) < 4.78 is 0. The van der Waals surface area contributed by atoms with Gasteiger partial charge in [0, 0.05) is 5.56 Å². The predicted molar refractivity (Wildman–Crippen MR) is 69.0 cm³/mol. The van der Waals surface area contributed by atoms with Crippen molar-refractivity contribution in [2.75, 3.05) is 0 Å². The van der Waals surface area contributed by atoms with Crippen molar-refractivity contribution in [3.8, 4) is 0 Å². The molecule has 1 aromatic carbocycles. The average molecular weight is 239 g/mol. The van der Waals surface area contributed by atoms with Gasteiger partial charge in [0.2, 0.25) is 5.96 Å². The van der Waals surface area contributed by atoms with Gasteiger partial charge in [0.1, 0.15) is 0 Å². The quantitative estimate of drug-likeness (QED) is 0.441. The van der Waals surface area contributed by atoms with Crippen LogP contribution in [0.1, 0.15) is 24.0 Å². The molecule has 16 heavy (non-hydrogen) atoms. The monoisotopic (exact) mass is 238 g/mol. The maximum absolute atomic E-state index is 5.25. The maximum Gasteiger partial charge on any atom is 0.211 e. The maximum atomic E-state index is 5.25. The fraction of sp³-hybridized carbons (Fsp3) is 0.273. The first-order valence-corrected chi connectivity index (χ1v) is 5.01. The van der Waals surface area contributed by atoms with Gasteiger partial charge in [-0.25, -0.2) is 0 Å². The van der Waals surface area contributed by atoms with Crippen LogP contribution in [0.15, 0.2) is 34.5 Å². The minimum atomic E-state index is 0. The molecule has 0 saturated heterocycles. The van der Waals surface area contributed by atoms with Crippen molar-refractivity contribution in [2.24, 2.45) is 21.7 Å². The van der Waals surface area contributed by atoms with Gasteiger partial charge in [0.15, 0.2) is 0 Å². The first-order valence-electron chi connectivity index (χ1n) is 5.01. The van der Waals surface area contributed by atoms with Gasteiger partial charge in [-0.05, 0) is 24.8 Å². The Kier molecular flexibility index (Phi) is 4.31. The number of hydrogen-bond acceptors (Lipinski definition) is 2. The van der Waals surface area contributed by atoms with Crippen LogP contribution in [0.5, 0.6) is 0 Å². The van der Waals surface area contributed by atoms with E-state index < -0.39 is 0 Å². The molecule has 2 rings (SSSR count). The summed E-state index contributed by atoms with van der Waals surface area (Å²) >= 11 is 0. The van der Waals surface area contributed by atoms with Gasteiger partial charge in [-0.3, -0.25) is 0 Å². The SMILES string of the molecule is Cl.NC(N)=NN=C1CCCc2ccccc21. The fourth-order valence-electron chi connectivity index (χ4n) is 1.82. The van der Waals surface area contributed by atoms with Crippen molar-refractivity contribution < 1.29 is 0 Å². The lowest BCUT2D eigenvalue weighted by Crippen LogP contribution is -2.22. The van der Waals surface area contributed by atoms with Crippen LogP contribution >= 0.6 is 12.4 Å². The second kappa shape index (κ2) is 5.51. The molecule has 0 heterocycles. The summed E-state index contributed by atoms with van der Waals surface area (Å²) in [5.41, 5.74) is 14.0. The molecule has 4 nitrogen and oxygen atoms in total. The van der Waals surface area contributed by atoms with E-state index in [9.17, 15) is 0 Å². The summed E-state index contributed by atoms with van der Waals surface area (Å²) in [5.74, 6) is 0.00514. The third kappa shape index (κ3) is 2.73. The Bertz CT molecular complexity index is 422. The Balaban J connectivity index is 0.00000128. The van der Waals surface area contributed by atoms with Crippen LogP contribution in [0.25, 0.3) is 0 Å². The van der Waals surface area contributed by atoms with Crippen molar-refractivity contribution >= 4 is 24.1 Å². The van der Waals surface area contributed by atoms with Crippen LogP contribution in [-0.4, -0.2) is 11.7 Å². The highest BCUT2D eigenvalue weighted by atomic mass is 35.5. The molecule has 0 fully saturated rings. The van der Waals surface area contributed by atoms with E-state index in [1.54, 1.807) is 0 Å². The Morgan fingerprint density at radius 1 is 1.12 bits per heavy atom. The first-order chi connectivity index (χ1) is 7.27. The van der Waals surface area contributed by atoms with Crippen LogP contribution in [0.4, 0.5) is 0 Å².